The fraction of sp³-hybridized carbons (Fsp3) is 0.395. The number of likely N-dealkylation sites (N-methyl/N-ethyl adjacent to an activating group) is 1. The summed E-state index contributed by atoms with van der Waals surface area (Å²) in [6, 6.07) is 10.1. The number of hydrogen-bond donors (Lipinski definition) is 9. The van der Waals surface area contributed by atoms with Crippen LogP contribution in [-0.2, 0) is 36.8 Å². The number of benzene rings is 2. The summed E-state index contributed by atoms with van der Waals surface area (Å²) in [5.41, 5.74) is 6.51. The number of aliphatic hydroxyl groups excluding tert-OH is 1. The number of aliphatic carboxylic acids is 1. The summed E-state index contributed by atoms with van der Waals surface area (Å²) in [4.78, 5) is 96.9. The zero-order valence-electron chi connectivity index (χ0n) is 31.5. The maximum absolute atomic E-state index is 14.1. The van der Waals surface area contributed by atoms with Crippen molar-refractivity contribution < 1.29 is 38.9 Å². The molecule has 1 aliphatic rings. The molecule has 8 atom stereocenters. The number of carbonyl (C=O) groups is 5. The molecule has 0 radical (unpaired) electrons. The van der Waals surface area contributed by atoms with Crippen LogP contribution < -0.4 is 38.2 Å². The summed E-state index contributed by atoms with van der Waals surface area (Å²) in [6.45, 7) is 2.80. The number of para-hydroxylation sites is 1. The van der Waals surface area contributed by atoms with Gasteiger partial charge >= 0.3 is 17.7 Å². The third-order valence-corrected chi connectivity index (χ3v) is 9.81. The van der Waals surface area contributed by atoms with Gasteiger partial charge in [-0.3, -0.25) is 28.7 Å². The number of amides is 5. The Morgan fingerprint density at radius 1 is 0.947 bits per heavy atom. The molecule has 10 N–H and O–H groups in total. The molecular formula is C38H47N9O10. The van der Waals surface area contributed by atoms with Crippen molar-refractivity contribution in [3.8, 4) is 0 Å². The Bertz CT molecular complexity index is 2190. The van der Waals surface area contributed by atoms with Gasteiger partial charge in [-0.25, -0.2) is 14.4 Å². The van der Waals surface area contributed by atoms with Gasteiger partial charge in [-0.05, 0) is 31.0 Å². The first-order chi connectivity index (χ1) is 27.1. The summed E-state index contributed by atoms with van der Waals surface area (Å²) in [5.74, 6) is -3.41. The molecule has 57 heavy (non-hydrogen) atoms. The molecule has 3 heterocycles. The van der Waals surface area contributed by atoms with Crippen LogP contribution in [0.2, 0.25) is 0 Å². The maximum Gasteiger partial charge on any atom is 0.330 e. The van der Waals surface area contributed by atoms with Gasteiger partial charge < -0.3 is 51.8 Å². The van der Waals surface area contributed by atoms with Gasteiger partial charge in [0, 0.05) is 62.2 Å². The van der Waals surface area contributed by atoms with E-state index in [0.717, 1.165) is 21.5 Å². The molecule has 5 amide bonds. The van der Waals surface area contributed by atoms with E-state index in [9.17, 15) is 43.8 Å². The first kappa shape index (κ1) is 41.8. The fourth-order valence-corrected chi connectivity index (χ4v) is 6.61. The van der Waals surface area contributed by atoms with Crippen molar-refractivity contribution in [2.75, 3.05) is 13.6 Å². The lowest BCUT2D eigenvalue weighted by Crippen LogP contribution is -2.63. The Morgan fingerprint density at radius 3 is 2.32 bits per heavy atom. The second-order valence-corrected chi connectivity index (χ2v) is 14.0. The number of nitrogens with zero attached hydrogens (tertiary/aromatic N) is 2. The summed E-state index contributed by atoms with van der Waals surface area (Å²) in [6.07, 6.45) is -0.396. The summed E-state index contributed by atoms with van der Waals surface area (Å²) in [7, 11) is 1.42. The van der Waals surface area contributed by atoms with Crippen LogP contribution in [0.4, 0.5) is 4.79 Å². The topological polar surface area (TPSA) is 283 Å². The predicted molar refractivity (Wildman–Crippen MR) is 206 cm³/mol. The number of aromatic nitrogens is 3. The van der Waals surface area contributed by atoms with E-state index in [1.54, 1.807) is 36.5 Å². The molecule has 1 aliphatic heterocycles. The minimum absolute atomic E-state index is 0.00198. The highest BCUT2D eigenvalue weighted by Crippen LogP contribution is 2.27. The highest BCUT2D eigenvalue weighted by atomic mass is 16.5. The Labute approximate surface area is 326 Å². The van der Waals surface area contributed by atoms with Crippen molar-refractivity contribution in [2.24, 2.45) is 5.73 Å². The lowest BCUT2D eigenvalue weighted by molar-refractivity contribution is -0.139. The number of carbonyl (C=O) groups excluding carboxylic acids is 4. The number of aliphatic hydroxyl groups is 1. The largest absolute Gasteiger partial charge is 0.480 e. The highest BCUT2D eigenvalue weighted by Gasteiger charge is 2.38. The average molecular weight is 790 g/mol. The van der Waals surface area contributed by atoms with Crippen molar-refractivity contribution in [1.29, 1.82) is 0 Å². The molecular weight excluding hydrogens is 742 g/mol. The van der Waals surface area contributed by atoms with Crippen molar-refractivity contribution in [2.45, 2.75) is 81.8 Å². The van der Waals surface area contributed by atoms with E-state index in [1.807, 2.05) is 24.3 Å². The first-order valence-electron chi connectivity index (χ1n) is 18.3. The third kappa shape index (κ3) is 10.5. The van der Waals surface area contributed by atoms with Gasteiger partial charge in [0.1, 0.15) is 24.2 Å². The Morgan fingerprint density at radius 2 is 1.63 bits per heavy atom. The van der Waals surface area contributed by atoms with E-state index >= 15 is 0 Å². The first-order valence-corrected chi connectivity index (χ1v) is 18.3. The van der Waals surface area contributed by atoms with Crippen LogP contribution in [0.3, 0.4) is 0 Å². The molecule has 0 saturated carbocycles. The van der Waals surface area contributed by atoms with Crippen LogP contribution in [0.1, 0.15) is 37.6 Å². The molecule has 1 fully saturated rings. The van der Waals surface area contributed by atoms with Gasteiger partial charge in [-0.15, -0.1) is 0 Å². The van der Waals surface area contributed by atoms with E-state index in [1.165, 1.54) is 32.0 Å². The van der Waals surface area contributed by atoms with Crippen molar-refractivity contribution >= 4 is 40.6 Å². The number of nitrogens with one attached hydrogen (secondary N) is 6. The monoisotopic (exact) mass is 789 g/mol. The molecule has 0 spiro atoms. The highest BCUT2D eigenvalue weighted by molar-refractivity contribution is 5.94. The number of ether oxygens (including phenoxy) is 1. The molecule has 4 aromatic rings. The minimum Gasteiger partial charge on any atom is -0.480 e. The van der Waals surface area contributed by atoms with Crippen LogP contribution in [0.15, 0.2) is 82.6 Å². The van der Waals surface area contributed by atoms with E-state index in [2.05, 4.69) is 31.2 Å². The second-order valence-electron chi connectivity index (χ2n) is 14.0. The molecule has 0 bridgehead atoms. The Hall–Kier alpha value is -6.31. The standard InChI is InChI=1S/C38H47N9O10/c1-20(39)34(52)46(3)21(2)31(33(51)41-19-24-17-29(48)35(57-24)47-14-13-30(49)44-38(47)56)45-32(50)27(15-22-9-5-4-6-10-22)42-37(55)43-28(36(53)54)16-23-18-40-26-12-8-7-11-25(23)26/h4-14,18,20-21,24,27-29,31,35,40,48H,15-17,19,39H2,1-3H3,(H,41,51)(H,45,50)(H,53,54)(H2,42,43,55)(H,44,49,56)/t20-,21-,24?,27-,28-,29+,31-,35+/m0/s1. The van der Waals surface area contributed by atoms with Gasteiger partial charge in [-0.1, -0.05) is 48.5 Å². The van der Waals surface area contributed by atoms with Gasteiger partial charge in [0.25, 0.3) is 5.56 Å². The number of aromatic amines is 2. The van der Waals surface area contributed by atoms with Crippen LogP contribution in [0.5, 0.6) is 0 Å². The molecule has 0 aliphatic carbocycles. The van der Waals surface area contributed by atoms with Crippen LogP contribution in [0.25, 0.3) is 10.9 Å². The van der Waals surface area contributed by atoms with E-state index in [0.29, 0.717) is 11.1 Å². The number of carboxylic acids is 1. The van der Waals surface area contributed by atoms with Crippen LogP contribution in [-0.4, -0.2) is 115 Å². The lowest BCUT2D eigenvalue weighted by atomic mass is 10.0. The van der Waals surface area contributed by atoms with Crippen molar-refractivity contribution in [1.82, 2.24) is 40.7 Å². The average Bonchev–Trinajstić information content (AvgIpc) is 3.77. The Balaban J connectivity index is 1.33. The van der Waals surface area contributed by atoms with Crippen molar-refractivity contribution in [3.05, 3.63) is 105 Å². The normalized spacial score (nSPS) is 19.1. The molecule has 2 aromatic heterocycles. The SMILES string of the molecule is C[C@H](N)C(=O)N(C)[C@@H](C)[C@H](NC(=O)[C@H](Cc1ccccc1)NC(=O)N[C@@H](Cc1c[nH]c2ccccc12)C(=O)O)C(=O)NCC1C[C@@H](O)[C@H](n2ccc(=O)[nH]c2=O)O1. The van der Waals surface area contributed by atoms with Gasteiger partial charge in [0.05, 0.1) is 18.2 Å². The zero-order valence-corrected chi connectivity index (χ0v) is 31.5. The molecule has 5 rings (SSSR count). The zero-order chi connectivity index (χ0) is 41.4. The molecule has 1 unspecified atom stereocenters. The quantitative estimate of drug-likeness (QED) is 0.0669. The molecule has 2 aromatic carbocycles. The summed E-state index contributed by atoms with van der Waals surface area (Å²) in [5, 5.41) is 31.8. The number of fused-ring (bicyclic) bond motifs is 1. The molecule has 304 valence electrons. The summed E-state index contributed by atoms with van der Waals surface area (Å²) >= 11 is 0. The van der Waals surface area contributed by atoms with Crippen LogP contribution in [0, 0.1) is 0 Å². The number of nitrogens with two attached hydrogens (primary N) is 1. The molecule has 19 nitrogen and oxygen atoms in total. The van der Waals surface area contributed by atoms with Gasteiger partial charge in [-0.2, -0.15) is 0 Å². The molecule has 19 heteroatoms. The van der Waals surface area contributed by atoms with Gasteiger partial charge in [0.2, 0.25) is 17.7 Å². The number of rotatable bonds is 16. The maximum atomic E-state index is 14.1. The van der Waals surface area contributed by atoms with E-state index in [4.69, 9.17) is 10.5 Å². The molecule has 1 saturated heterocycles. The third-order valence-electron chi connectivity index (χ3n) is 9.81. The lowest BCUT2D eigenvalue weighted by Gasteiger charge is -2.34. The number of hydrogen-bond acceptors (Lipinski definition) is 10. The second kappa shape index (κ2) is 18.5. The number of carboxylic acid groups (broad SMARTS) is 1. The minimum atomic E-state index is -1.43. The van der Waals surface area contributed by atoms with E-state index < -0.39 is 89.6 Å². The predicted octanol–water partition coefficient (Wildman–Crippen LogP) is -0.932. The summed E-state index contributed by atoms with van der Waals surface area (Å²) < 4.78 is 6.85. The number of H-pyrrole nitrogens is 2. The van der Waals surface area contributed by atoms with Crippen molar-refractivity contribution in [3.63, 3.8) is 0 Å². The van der Waals surface area contributed by atoms with Crippen LogP contribution >= 0.6 is 0 Å². The smallest absolute Gasteiger partial charge is 0.330 e. The Kier molecular flexibility index (Phi) is 13.6. The van der Waals surface area contributed by atoms with E-state index in [-0.39, 0.29) is 25.8 Å². The fourth-order valence-electron chi connectivity index (χ4n) is 6.61. The number of urea groups is 1. The van der Waals surface area contributed by atoms with Gasteiger partial charge in [0.15, 0.2) is 6.23 Å².